The van der Waals surface area contributed by atoms with E-state index < -0.39 is 0 Å². The van der Waals surface area contributed by atoms with Gasteiger partial charge in [-0.3, -0.25) is 19.3 Å². The zero-order chi connectivity index (χ0) is 17.1. The van der Waals surface area contributed by atoms with Crippen LogP contribution >= 0.6 is 0 Å². The second-order valence-electron chi connectivity index (χ2n) is 5.90. The number of rotatable bonds is 4. The molecule has 1 fully saturated rings. The van der Waals surface area contributed by atoms with Crippen molar-refractivity contribution < 1.29 is 19.1 Å². The summed E-state index contributed by atoms with van der Waals surface area (Å²) < 4.78 is 5.42. The van der Waals surface area contributed by atoms with Crippen molar-refractivity contribution in [1.82, 2.24) is 10.2 Å². The molecule has 3 amide bonds. The average molecular weight is 331 g/mol. The van der Waals surface area contributed by atoms with E-state index in [1.165, 1.54) is 4.90 Å². The van der Waals surface area contributed by atoms with Gasteiger partial charge in [0.1, 0.15) is 12.3 Å². The molecule has 0 aromatic heterocycles. The second-order valence-corrected chi connectivity index (χ2v) is 5.90. The largest absolute Gasteiger partial charge is 0.482 e. The number of anilines is 1. The zero-order valence-electron chi connectivity index (χ0n) is 13.7. The maximum Gasteiger partial charge on any atom is 0.265 e. The summed E-state index contributed by atoms with van der Waals surface area (Å²) in [6.07, 6.45) is 2.03. The standard InChI is InChI=1S/C17H21N3O4/c1-2-18-15(21)10-20-13-9-12(17(23)19-7-3-4-8-19)5-6-14(13)24-11-16(20)22/h5-6,9H,2-4,7-8,10-11H2,1H3,(H,18,21). The molecule has 0 aliphatic carbocycles. The number of fused-ring (bicyclic) bond motifs is 1. The number of ether oxygens (including phenoxy) is 1. The lowest BCUT2D eigenvalue weighted by Gasteiger charge is -2.29. The number of likely N-dealkylation sites (tertiary alicyclic amines) is 1. The summed E-state index contributed by atoms with van der Waals surface area (Å²) in [5.41, 5.74) is 0.984. The predicted molar refractivity (Wildman–Crippen MR) is 88.1 cm³/mol. The normalized spacial score (nSPS) is 16.6. The molecule has 0 radical (unpaired) electrons. The van der Waals surface area contributed by atoms with Crippen molar-refractivity contribution in [2.75, 3.05) is 37.7 Å². The fourth-order valence-corrected chi connectivity index (χ4v) is 3.01. The van der Waals surface area contributed by atoms with Gasteiger partial charge in [-0.25, -0.2) is 0 Å². The molecule has 2 aliphatic heterocycles. The quantitative estimate of drug-likeness (QED) is 0.884. The van der Waals surface area contributed by atoms with Gasteiger partial charge in [-0.2, -0.15) is 0 Å². The third-order valence-corrected chi connectivity index (χ3v) is 4.22. The van der Waals surface area contributed by atoms with Crippen LogP contribution < -0.4 is 15.0 Å². The average Bonchev–Trinajstić information content (AvgIpc) is 3.11. The minimum absolute atomic E-state index is 0.0497. The zero-order valence-corrected chi connectivity index (χ0v) is 13.7. The van der Waals surface area contributed by atoms with Crippen molar-refractivity contribution in [1.29, 1.82) is 0 Å². The molecule has 24 heavy (non-hydrogen) atoms. The number of benzene rings is 1. The van der Waals surface area contributed by atoms with Crippen LogP contribution in [0.1, 0.15) is 30.1 Å². The van der Waals surface area contributed by atoms with E-state index in [9.17, 15) is 14.4 Å². The SMILES string of the molecule is CCNC(=O)CN1C(=O)COc2ccc(C(=O)N3CCCC3)cc21. The van der Waals surface area contributed by atoms with Gasteiger partial charge in [-0.1, -0.05) is 0 Å². The maximum atomic E-state index is 12.5. The first-order valence-electron chi connectivity index (χ1n) is 8.23. The van der Waals surface area contributed by atoms with Crippen molar-refractivity contribution in [3.05, 3.63) is 23.8 Å². The topological polar surface area (TPSA) is 79.0 Å². The van der Waals surface area contributed by atoms with Crippen LogP contribution in [0.2, 0.25) is 0 Å². The second kappa shape index (κ2) is 6.90. The van der Waals surface area contributed by atoms with E-state index in [0.29, 0.717) is 23.5 Å². The Balaban J connectivity index is 1.87. The molecule has 2 aliphatic rings. The first kappa shape index (κ1) is 16.3. The number of carbonyl (C=O) groups excluding carboxylic acids is 3. The highest BCUT2D eigenvalue weighted by Gasteiger charge is 2.29. The first-order valence-corrected chi connectivity index (χ1v) is 8.23. The Kier molecular flexibility index (Phi) is 4.69. The molecule has 0 bridgehead atoms. The molecule has 3 rings (SSSR count). The molecule has 1 saturated heterocycles. The Bertz CT molecular complexity index is 668. The summed E-state index contributed by atoms with van der Waals surface area (Å²) in [6, 6.07) is 5.04. The molecule has 0 saturated carbocycles. The van der Waals surface area contributed by atoms with Crippen LogP contribution in [0.15, 0.2) is 18.2 Å². The van der Waals surface area contributed by atoms with Crippen LogP contribution in [0.4, 0.5) is 5.69 Å². The molecular formula is C17H21N3O4. The highest BCUT2D eigenvalue weighted by atomic mass is 16.5. The fraction of sp³-hybridized carbons (Fsp3) is 0.471. The van der Waals surface area contributed by atoms with Crippen LogP contribution in [-0.2, 0) is 9.59 Å². The Morgan fingerprint density at radius 2 is 2.00 bits per heavy atom. The Morgan fingerprint density at radius 3 is 2.71 bits per heavy atom. The summed E-state index contributed by atoms with van der Waals surface area (Å²) in [5.74, 6) is -0.0716. The molecule has 7 heteroatoms. The number of hydrogen-bond acceptors (Lipinski definition) is 4. The summed E-state index contributed by atoms with van der Waals surface area (Å²) in [6.45, 7) is 3.65. The molecular weight excluding hydrogens is 310 g/mol. The van der Waals surface area contributed by atoms with E-state index in [-0.39, 0.29) is 30.9 Å². The van der Waals surface area contributed by atoms with E-state index >= 15 is 0 Å². The number of likely N-dealkylation sites (N-methyl/N-ethyl adjacent to an activating group) is 1. The van der Waals surface area contributed by atoms with E-state index in [2.05, 4.69) is 5.32 Å². The van der Waals surface area contributed by atoms with Crippen LogP contribution in [0.25, 0.3) is 0 Å². The van der Waals surface area contributed by atoms with Gasteiger partial charge < -0.3 is 15.0 Å². The van der Waals surface area contributed by atoms with Crippen molar-refractivity contribution in [3.63, 3.8) is 0 Å². The minimum atomic E-state index is -0.292. The van der Waals surface area contributed by atoms with Crippen molar-refractivity contribution in [2.45, 2.75) is 19.8 Å². The molecule has 1 aromatic carbocycles. The smallest absolute Gasteiger partial charge is 0.265 e. The lowest BCUT2D eigenvalue weighted by Crippen LogP contribution is -2.45. The molecule has 0 atom stereocenters. The molecule has 0 spiro atoms. The molecule has 0 unspecified atom stereocenters. The summed E-state index contributed by atoms with van der Waals surface area (Å²) in [5, 5.41) is 2.68. The van der Waals surface area contributed by atoms with Gasteiger partial charge in [0, 0.05) is 25.2 Å². The highest BCUT2D eigenvalue weighted by Crippen LogP contribution is 2.33. The number of amides is 3. The van der Waals surface area contributed by atoms with E-state index in [0.717, 1.165) is 25.9 Å². The third kappa shape index (κ3) is 3.20. The number of nitrogens with one attached hydrogen (secondary N) is 1. The monoisotopic (exact) mass is 331 g/mol. The van der Waals surface area contributed by atoms with Gasteiger partial charge >= 0.3 is 0 Å². The number of carbonyl (C=O) groups is 3. The lowest BCUT2D eigenvalue weighted by atomic mass is 10.1. The predicted octanol–water partition coefficient (Wildman–Crippen LogP) is 0.784. The van der Waals surface area contributed by atoms with Gasteiger partial charge in [-0.05, 0) is 38.0 Å². The highest BCUT2D eigenvalue weighted by molar-refractivity contribution is 6.04. The van der Waals surface area contributed by atoms with Crippen LogP contribution in [0.3, 0.4) is 0 Å². The van der Waals surface area contributed by atoms with E-state index in [1.54, 1.807) is 23.1 Å². The van der Waals surface area contributed by atoms with E-state index in [1.807, 2.05) is 6.92 Å². The van der Waals surface area contributed by atoms with Crippen LogP contribution in [0.5, 0.6) is 5.75 Å². The summed E-state index contributed by atoms with van der Waals surface area (Å²) in [7, 11) is 0. The van der Waals surface area contributed by atoms with Crippen molar-refractivity contribution in [2.24, 2.45) is 0 Å². The number of nitrogens with zero attached hydrogens (tertiary/aromatic N) is 2. The fourth-order valence-electron chi connectivity index (χ4n) is 3.01. The number of hydrogen-bond donors (Lipinski definition) is 1. The minimum Gasteiger partial charge on any atom is -0.482 e. The molecule has 128 valence electrons. The third-order valence-electron chi connectivity index (χ3n) is 4.22. The Morgan fingerprint density at radius 1 is 1.25 bits per heavy atom. The van der Waals surface area contributed by atoms with Crippen molar-refractivity contribution >= 4 is 23.4 Å². The van der Waals surface area contributed by atoms with E-state index in [4.69, 9.17) is 4.74 Å². The van der Waals surface area contributed by atoms with Gasteiger partial charge in [0.25, 0.3) is 11.8 Å². The van der Waals surface area contributed by atoms with Gasteiger partial charge in [0.15, 0.2) is 6.61 Å². The van der Waals surface area contributed by atoms with Gasteiger partial charge in [0.2, 0.25) is 5.91 Å². The van der Waals surface area contributed by atoms with Crippen molar-refractivity contribution in [3.8, 4) is 5.75 Å². The van der Waals surface area contributed by atoms with Crippen LogP contribution in [-0.4, -0.2) is 55.4 Å². The van der Waals surface area contributed by atoms with Crippen LogP contribution in [0, 0.1) is 0 Å². The first-order chi connectivity index (χ1) is 11.6. The lowest BCUT2D eigenvalue weighted by molar-refractivity contribution is -0.125. The molecule has 1 aromatic rings. The molecule has 2 heterocycles. The summed E-state index contributed by atoms with van der Waals surface area (Å²) >= 11 is 0. The molecule has 7 nitrogen and oxygen atoms in total. The van der Waals surface area contributed by atoms with Gasteiger partial charge in [0.05, 0.1) is 5.69 Å². The Hall–Kier alpha value is -2.57. The maximum absolute atomic E-state index is 12.5. The molecule has 1 N–H and O–H groups in total. The summed E-state index contributed by atoms with van der Waals surface area (Å²) in [4.78, 5) is 39.8. The van der Waals surface area contributed by atoms with Gasteiger partial charge in [-0.15, -0.1) is 0 Å². The Labute approximate surface area is 140 Å².